The van der Waals surface area contributed by atoms with Gasteiger partial charge in [0.05, 0.1) is 6.07 Å². The maximum atomic E-state index is 12.4. The van der Waals surface area contributed by atoms with Crippen molar-refractivity contribution in [1.82, 2.24) is 10.3 Å². The number of nitriles is 1. The van der Waals surface area contributed by atoms with Gasteiger partial charge >= 0.3 is 0 Å². The maximum absolute atomic E-state index is 12.4. The molecule has 3 rings (SSSR count). The molecule has 0 saturated carbocycles. The molecule has 0 radical (unpaired) electrons. The zero-order valence-corrected chi connectivity index (χ0v) is 13.8. The van der Waals surface area contributed by atoms with Gasteiger partial charge in [0.15, 0.2) is 0 Å². The fourth-order valence-electron chi connectivity index (χ4n) is 2.45. The van der Waals surface area contributed by atoms with Crippen LogP contribution in [0, 0.1) is 11.3 Å². The number of hydrogen-bond donors (Lipinski definition) is 1. The molecule has 0 bridgehead atoms. The number of pyridine rings is 1. The summed E-state index contributed by atoms with van der Waals surface area (Å²) in [5, 5.41) is 14.7. The predicted octanol–water partition coefficient (Wildman–Crippen LogP) is 4.54. The molecule has 0 saturated heterocycles. The van der Waals surface area contributed by atoms with Crippen molar-refractivity contribution in [3.63, 3.8) is 0 Å². The van der Waals surface area contributed by atoms with Crippen LogP contribution in [0.5, 0.6) is 0 Å². The van der Waals surface area contributed by atoms with Crippen LogP contribution in [-0.4, -0.2) is 10.9 Å². The van der Waals surface area contributed by atoms with Crippen molar-refractivity contribution in [1.29, 1.82) is 5.26 Å². The molecule has 6 heteroatoms. The quantitative estimate of drug-likeness (QED) is 0.749. The van der Waals surface area contributed by atoms with Crippen LogP contribution in [-0.2, 0) is 0 Å². The summed E-state index contributed by atoms with van der Waals surface area (Å²) >= 11 is 11.8. The Morgan fingerprint density at radius 2 is 1.83 bits per heavy atom. The number of aromatic nitrogens is 1. The highest BCUT2D eigenvalue weighted by molar-refractivity contribution is 6.35. The topological polar surface area (TPSA) is 65.8 Å². The highest BCUT2D eigenvalue weighted by Gasteiger charge is 2.18. The molecule has 0 aliphatic carbocycles. The van der Waals surface area contributed by atoms with Crippen LogP contribution in [0.1, 0.15) is 22.0 Å². The molecule has 4 nitrogen and oxygen atoms in total. The average Bonchev–Trinajstić information content (AvgIpc) is 2.58. The van der Waals surface area contributed by atoms with Gasteiger partial charge < -0.3 is 5.32 Å². The fourth-order valence-corrected chi connectivity index (χ4v) is 2.97. The SMILES string of the molecule is N#CC(NC(=O)c1cc(Cl)cc(Cl)c1)c1cncc2ccccc12. The summed E-state index contributed by atoms with van der Waals surface area (Å²) < 4.78 is 0. The lowest BCUT2D eigenvalue weighted by molar-refractivity contribution is 0.0945. The molecule has 0 fully saturated rings. The molecule has 1 unspecified atom stereocenters. The summed E-state index contributed by atoms with van der Waals surface area (Å²) in [4.78, 5) is 16.6. The second-order valence-electron chi connectivity index (χ2n) is 5.14. The number of halogens is 2. The number of carbonyl (C=O) groups is 1. The van der Waals surface area contributed by atoms with E-state index in [2.05, 4.69) is 16.4 Å². The van der Waals surface area contributed by atoms with Gasteiger partial charge in [-0.25, -0.2) is 0 Å². The zero-order valence-electron chi connectivity index (χ0n) is 12.3. The summed E-state index contributed by atoms with van der Waals surface area (Å²) in [6.07, 6.45) is 3.30. The molecule has 1 atom stereocenters. The van der Waals surface area contributed by atoms with Crippen molar-refractivity contribution < 1.29 is 4.79 Å². The Kier molecular flexibility index (Phi) is 4.66. The van der Waals surface area contributed by atoms with Crippen LogP contribution in [0.2, 0.25) is 10.0 Å². The Morgan fingerprint density at radius 3 is 2.54 bits per heavy atom. The lowest BCUT2D eigenvalue weighted by Crippen LogP contribution is -2.27. The van der Waals surface area contributed by atoms with Gasteiger partial charge in [-0.1, -0.05) is 47.5 Å². The smallest absolute Gasteiger partial charge is 0.252 e. The van der Waals surface area contributed by atoms with E-state index in [0.717, 1.165) is 10.8 Å². The third-order valence-electron chi connectivity index (χ3n) is 3.54. The number of rotatable bonds is 3. The van der Waals surface area contributed by atoms with E-state index < -0.39 is 11.9 Å². The molecule has 1 N–H and O–H groups in total. The summed E-state index contributed by atoms with van der Waals surface area (Å²) in [6, 6.07) is 13.4. The van der Waals surface area contributed by atoms with Gasteiger partial charge in [0.2, 0.25) is 0 Å². The van der Waals surface area contributed by atoms with E-state index in [0.29, 0.717) is 21.2 Å². The van der Waals surface area contributed by atoms with E-state index in [1.54, 1.807) is 12.4 Å². The molecule has 1 amide bonds. The zero-order chi connectivity index (χ0) is 17.1. The van der Waals surface area contributed by atoms with Gasteiger partial charge in [0.25, 0.3) is 5.91 Å². The predicted molar refractivity (Wildman–Crippen MR) is 94.0 cm³/mol. The normalized spacial score (nSPS) is 11.7. The Hall–Kier alpha value is -2.61. The van der Waals surface area contributed by atoms with Gasteiger partial charge in [-0.3, -0.25) is 9.78 Å². The molecule has 0 spiro atoms. The van der Waals surface area contributed by atoms with Crippen LogP contribution in [0.15, 0.2) is 54.9 Å². The molecular formula is C18H11Cl2N3O. The second kappa shape index (κ2) is 6.88. The lowest BCUT2D eigenvalue weighted by Gasteiger charge is -2.14. The largest absolute Gasteiger partial charge is 0.332 e. The lowest BCUT2D eigenvalue weighted by atomic mass is 10.0. The van der Waals surface area contributed by atoms with Crippen LogP contribution < -0.4 is 5.32 Å². The monoisotopic (exact) mass is 355 g/mol. The van der Waals surface area contributed by atoms with Crippen molar-refractivity contribution in [3.8, 4) is 6.07 Å². The van der Waals surface area contributed by atoms with Crippen LogP contribution >= 0.6 is 23.2 Å². The number of amides is 1. The summed E-state index contributed by atoms with van der Waals surface area (Å²) in [6.45, 7) is 0. The Labute approximate surface area is 148 Å². The molecule has 118 valence electrons. The number of benzene rings is 2. The van der Waals surface area contributed by atoms with E-state index in [9.17, 15) is 10.1 Å². The summed E-state index contributed by atoms with van der Waals surface area (Å²) in [5.74, 6) is -0.432. The molecule has 1 heterocycles. The Morgan fingerprint density at radius 1 is 1.12 bits per heavy atom. The molecule has 0 aliphatic heterocycles. The Bertz CT molecular complexity index is 940. The minimum Gasteiger partial charge on any atom is -0.332 e. The number of hydrogen-bond acceptors (Lipinski definition) is 3. The summed E-state index contributed by atoms with van der Waals surface area (Å²) in [5.41, 5.74) is 0.929. The van der Waals surface area contributed by atoms with Crippen molar-refractivity contribution in [3.05, 3.63) is 76.0 Å². The minimum absolute atomic E-state index is 0.293. The van der Waals surface area contributed by atoms with Crippen LogP contribution in [0.3, 0.4) is 0 Å². The molecule has 2 aromatic carbocycles. The Balaban J connectivity index is 1.95. The highest BCUT2D eigenvalue weighted by atomic mass is 35.5. The van der Waals surface area contributed by atoms with Crippen molar-refractivity contribution in [2.24, 2.45) is 0 Å². The van der Waals surface area contributed by atoms with E-state index in [4.69, 9.17) is 23.2 Å². The first-order chi connectivity index (χ1) is 11.6. The average molecular weight is 356 g/mol. The number of fused-ring (bicyclic) bond motifs is 1. The van der Waals surface area contributed by atoms with Crippen molar-refractivity contribution >= 4 is 39.9 Å². The minimum atomic E-state index is -0.839. The molecule has 1 aromatic heterocycles. The van der Waals surface area contributed by atoms with Crippen LogP contribution in [0.25, 0.3) is 10.8 Å². The maximum Gasteiger partial charge on any atom is 0.252 e. The third kappa shape index (κ3) is 3.33. The van der Waals surface area contributed by atoms with Crippen LogP contribution in [0.4, 0.5) is 0 Å². The molecule has 3 aromatic rings. The highest BCUT2D eigenvalue weighted by Crippen LogP contribution is 2.24. The summed E-state index contributed by atoms with van der Waals surface area (Å²) in [7, 11) is 0. The first-order valence-corrected chi connectivity index (χ1v) is 7.83. The molecular weight excluding hydrogens is 345 g/mol. The fraction of sp³-hybridized carbons (Fsp3) is 0.0556. The van der Waals surface area contributed by atoms with Crippen molar-refractivity contribution in [2.45, 2.75) is 6.04 Å². The van der Waals surface area contributed by atoms with E-state index in [-0.39, 0.29) is 0 Å². The number of nitrogens with zero attached hydrogens (tertiary/aromatic N) is 2. The van der Waals surface area contributed by atoms with Gasteiger partial charge in [0.1, 0.15) is 6.04 Å². The standard InChI is InChI=1S/C18H11Cl2N3O/c19-13-5-12(6-14(20)7-13)18(24)23-17(8-21)16-10-22-9-11-3-1-2-4-15(11)16/h1-7,9-10,17H,(H,23,24). The molecule has 24 heavy (non-hydrogen) atoms. The van der Waals surface area contributed by atoms with Gasteiger partial charge in [-0.05, 0) is 23.6 Å². The first-order valence-electron chi connectivity index (χ1n) is 7.07. The van der Waals surface area contributed by atoms with E-state index >= 15 is 0 Å². The second-order valence-corrected chi connectivity index (χ2v) is 6.02. The number of nitrogens with one attached hydrogen (secondary N) is 1. The number of carbonyl (C=O) groups excluding carboxylic acids is 1. The first kappa shape index (κ1) is 16.3. The van der Waals surface area contributed by atoms with Gasteiger partial charge in [-0.15, -0.1) is 0 Å². The van der Waals surface area contributed by atoms with Gasteiger partial charge in [0, 0.05) is 39.0 Å². The molecule has 0 aliphatic rings. The van der Waals surface area contributed by atoms with Crippen molar-refractivity contribution in [2.75, 3.05) is 0 Å². The third-order valence-corrected chi connectivity index (χ3v) is 3.98. The van der Waals surface area contributed by atoms with Gasteiger partial charge in [-0.2, -0.15) is 5.26 Å². The van der Waals surface area contributed by atoms with E-state index in [1.807, 2.05) is 24.3 Å². The van der Waals surface area contributed by atoms with E-state index in [1.165, 1.54) is 18.2 Å².